The Labute approximate surface area is 138 Å². The lowest BCUT2D eigenvalue weighted by Gasteiger charge is -2.10. The van der Waals surface area contributed by atoms with Gasteiger partial charge in [0.1, 0.15) is 11.8 Å². The van der Waals surface area contributed by atoms with Crippen molar-refractivity contribution in [2.24, 2.45) is 0 Å². The lowest BCUT2D eigenvalue weighted by Crippen LogP contribution is -2.13. The van der Waals surface area contributed by atoms with E-state index in [0.29, 0.717) is 3.57 Å². The molecule has 0 atom stereocenters. The van der Waals surface area contributed by atoms with Gasteiger partial charge < -0.3 is 15.0 Å². The first kappa shape index (κ1) is 15.8. The monoisotopic (exact) mass is 412 g/mol. The van der Waals surface area contributed by atoms with Gasteiger partial charge in [0, 0.05) is 15.8 Å². The predicted octanol–water partition coefficient (Wildman–Crippen LogP) is 2.23. The largest absolute Gasteiger partial charge is 0.464 e. The van der Waals surface area contributed by atoms with Crippen LogP contribution in [0.15, 0.2) is 24.4 Å². The highest BCUT2D eigenvalue weighted by atomic mass is 127. The minimum absolute atomic E-state index is 0.0364. The number of carbonyl (C=O) groups is 1. The maximum absolute atomic E-state index is 11.9. The second-order valence-electron chi connectivity index (χ2n) is 4.14. The second kappa shape index (κ2) is 6.02. The highest BCUT2D eigenvalue weighted by Gasteiger charge is 2.27. The average Bonchev–Trinajstić information content (AvgIpc) is 2.82. The first-order valence-corrected chi connectivity index (χ1v) is 6.92. The van der Waals surface area contributed by atoms with Crippen LogP contribution in [-0.4, -0.2) is 22.6 Å². The van der Waals surface area contributed by atoms with Crippen LogP contribution in [0.1, 0.15) is 16.1 Å². The number of nitrogens with zero attached hydrogens (tertiary/aromatic N) is 3. The van der Waals surface area contributed by atoms with Gasteiger partial charge in [0.2, 0.25) is 0 Å². The number of esters is 1. The van der Waals surface area contributed by atoms with Gasteiger partial charge in [0.25, 0.3) is 5.69 Å². The van der Waals surface area contributed by atoms with Gasteiger partial charge in [-0.2, -0.15) is 5.26 Å². The van der Waals surface area contributed by atoms with Gasteiger partial charge in [-0.15, -0.1) is 0 Å². The van der Waals surface area contributed by atoms with E-state index in [-0.39, 0.29) is 28.3 Å². The molecule has 0 aliphatic heterocycles. The van der Waals surface area contributed by atoms with E-state index in [1.165, 1.54) is 22.9 Å². The van der Waals surface area contributed by atoms with E-state index in [2.05, 4.69) is 4.74 Å². The SMILES string of the molecule is COC(=O)c1c(N)c(C#N)cn1-c1c(I)cccc1[N+](=O)[O-]. The van der Waals surface area contributed by atoms with Crippen molar-refractivity contribution in [3.05, 3.63) is 49.3 Å². The number of hydrogen-bond acceptors (Lipinski definition) is 6. The molecule has 0 fully saturated rings. The fourth-order valence-corrected chi connectivity index (χ4v) is 2.72. The number of nitrogens with two attached hydrogens (primary N) is 1. The Morgan fingerprint density at radius 1 is 1.55 bits per heavy atom. The Hall–Kier alpha value is -2.61. The summed E-state index contributed by atoms with van der Waals surface area (Å²) in [6, 6.07) is 6.33. The average molecular weight is 412 g/mol. The van der Waals surface area contributed by atoms with Crippen molar-refractivity contribution in [3.63, 3.8) is 0 Å². The van der Waals surface area contributed by atoms with Crippen LogP contribution in [-0.2, 0) is 4.74 Å². The molecular formula is C13H9IN4O4. The van der Waals surface area contributed by atoms with E-state index >= 15 is 0 Å². The third-order valence-electron chi connectivity index (χ3n) is 2.95. The summed E-state index contributed by atoms with van der Waals surface area (Å²) in [4.78, 5) is 22.6. The van der Waals surface area contributed by atoms with Crippen molar-refractivity contribution in [1.82, 2.24) is 4.57 Å². The van der Waals surface area contributed by atoms with E-state index in [9.17, 15) is 14.9 Å². The summed E-state index contributed by atoms with van der Waals surface area (Å²) in [6.07, 6.45) is 1.28. The molecule has 0 saturated heterocycles. The van der Waals surface area contributed by atoms with Crippen molar-refractivity contribution in [2.45, 2.75) is 0 Å². The molecule has 0 aliphatic carbocycles. The summed E-state index contributed by atoms with van der Waals surface area (Å²) < 4.78 is 6.40. The summed E-state index contributed by atoms with van der Waals surface area (Å²) in [5, 5.41) is 20.3. The van der Waals surface area contributed by atoms with Crippen molar-refractivity contribution < 1.29 is 14.5 Å². The predicted molar refractivity (Wildman–Crippen MR) is 85.6 cm³/mol. The van der Waals surface area contributed by atoms with Gasteiger partial charge in [-0.25, -0.2) is 4.79 Å². The molecule has 0 amide bonds. The number of hydrogen-bond donors (Lipinski definition) is 1. The number of nitro groups is 1. The molecule has 9 heteroatoms. The molecule has 0 radical (unpaired) electrons. The van der Waals surface area contributed by atoms with E-state index in [0.717, 1.165) is 7.11 Å². The zero-order valence-corrected chi connectivity index (χ0v) is 13.4. The van der Waals surface area contributed by atoms with Crippen molar-refractivity contribution in [2.75, 3.05) is 12.8 Å². The maximum Gasteiger partial charge on any atom is 0.357 e. The third-order valence-corrected chi connectivity index (χ3v) is 3.82. The Morgan fingerprint density at radius 2 is 2.23 bits per heavy atom. The number of halogens is 1. The van der Waals surface area contributed by atoms with Gasteiger partial charge in [0.05, 0.1) is 23.3 Å². The third kappa shape index (κ3) is 2.48. The first-order chi connectivity index (χ1) is 10.4. The molecule has 0 bridgehead atoms. The number of benzene rings is 1. The molecule has 8 nitrogen and oxygen atoms in total. The molecule has 1 aromatic heterocycles. The number of para-hydroxylation sites is 1. The van der Waals surface area contributed by atoms with Crippen LogP contribution in [0, 0.1) is 25.0 Å². The fraction of sp³-hybridized carbons (Fsp3) is 0.0769. The van der Waals surface area contributed by atoms with Crippen molar-refractivity contribution in [3.8, 4) is 11.8 Å². The molecule has 22 heavy (non-hydrogen) atoms. The molecule has 2 aromatic rings. The number of anilines is 1. The first-order valence-electron chi connectivity index (χ1n) is 5.84. The number of carbonyl (C=O) groups excluding carboxylic acids is 1. The summed E-state index contributed by atoms with van der Waals surface area (Å²) in [6.45, 7) is 0. The summed E-state index contributed by atoms with van der Waals surface area (Å²) >= 11 is 1.91. The molecule has 2 rings (SSSR count). The van der Waals surface area contributed by atoms with Crippen LogP contribution in [0.5, 0.6) is 0 Å². The zero-order chi connectivity index (χ0) is 16.4. The van der Waals surface area contributed by atoms with Gasteiger partial charge in [-0.1, -0.05) is 6.07 Å². The van der Waals surface area contributed by atoms with Crippen LogP contribution in [0.3, 0.4) is 0 Å². The number of ether oxygens (including phenoxy) is 1. The van der Waals surface area contributed by atoms with Crippen molar-refractivity contribution in [1.29, 1.82) is 5.26 Å². The molecule has 0 spiro atoms. The Bertz CT molecular complexity index is 822. The van der Waals surface area contributed by atoms with E-state index in [1.54, 1.807) is 6.07 Å². The van der Waals surface area contributed by atoms with Gasteiger partial charge in [-0.05, 0) is 28.7 Å². The fourth-order valence-electron chi connectivity index (χ4n) is 1.98. The van der Waals surface area contributed by atoms with Crippen LogP contribution in [0.4, 0.5) is 11.4 Å². The van der Waals surface area contributed by atoms with Crippen LogP contribution < -0.4 is 5.73 Å². The number of aromatic nitrogens is 1. The molecule has 1 aromatic carbocycles. The standard InChI is InChI=1S/C13H9IN4O4/c1-22-13(19)12-10(16)7(5-15)6-17(12)11-8(14)3-2-4-9(11)18(20)21/h2-4,6H,16H2,1H3. The van der Waals surface area contributed by atoms with Crippen LogP contribution in [0.2, 0.25) is 0 Å². The topological polar surface area (TPSA) is 124 Å². The smallest absolute Gasteiger partial charge is 0.357 e. The minimum Gasteiger partial charge on any atom is -0.464 e. The Morgan fingerprint density at radius 3 is 2.77 bits per heavy atom. The molecule has 0 aliphatic rings. The number of nitrogen functional groups attached to an aromatic ring is 1. The number of rotatable bonds is 3. The van der Waals surface area contributed by atoms with E-state index in [1.807, 2.05) is 28.7 Å². The maximum atomic E-state index is 11.9. The summed E-state index contributed by atoms with van der Waals surface area (Å²) in [7, 11) is 1.16. The highest BCUT2D eigenvalue weighted by molar-refractivity contribution is 14.1. The normalized spacial score (nSPS) is 10.0. The Balaban J connectivity index is 2.88. The van der Waals surface area contributed by atoms with Crippen LogP contribution >= 0.6 is 22.6 Å². The molecule has 1 heterocycles. The summed E-state index contributed by atoms with van der Waals surface area (Å²) in [5.74, 6) is -0.784. The molecule has 112 valence electrons. The van der Waals surface area contributed by atoms with Gasteiger partial charge in [-0.3, -0.25) is 10.1 Å². The van der Waals surface area contributed by atoms with Gasteiger partial charge in [0.15, 0.2) is 5.69 Å². The summed E-state index contributed by atoms with van der Waals surface area (Å²) in [5.41, 5.74) is 5.57. The van der Waals surface area contributed by atoms with Gasteiger partial charge >= 0.3 is 5.97 Å². The molecule has 2 N–H and O–H groups in total. The van der Waals surface area contributed by atoms with E-state index in [4.69, 9.17) is 11.0 Å². The zero-order valence-electron chi connectivity index (χ0n) is 11.2. The minimum atomic E-state index is -0.784. The van der Waals surface area contributed by atoms with E-state index < -0.39 is 10.9 Å². The van der Waals surface area contributed by atoms with Crippen molar-refractivity contribution >= 4 is 39.9 Å². The Kier molecular flexibility index (Phi) is 4.32. The lowest BCUT2D eigenvalue weighted by atomic mass is 10.2. The highest BCUT2D eigenvalue weighted by Crippen LogP contribution is 2.32. The number of nitriles is 1. The molecular weight excluding hydrogens is 403 g/mol. The molecule has 0 unspecified atom stereocenters. The number of methoxy groups -OCH3 is 1. The lowest BCUT2D eigenvalue weighted by molar-refractivity contribution is -0.384. The molecule has 0 saturated carbocycles. The van der Waals surface area contributed by atoms with Crippen LogP contribution in [0.25, 0.3) is 5.69 Å². The number of nitro benzene ring substituents is 1. The second-order valence-corrected chi connectivity index (χ2v) is 5.31. The quantitative estimate of drug-likeness (QED) is 0.357.